The Kier molecular flexibility index (Phi) is 5.07. The molecule has 1 N–H and O–H groups in total. The summed E-state index contributed by atoms with van der Waals surface area (Å²) >= 11 is 5.93. The van der Waals surface area contributed by atoms with Crippen LogP contribution in [-0.4, -0.2) is 30.5 Å². The van der Waals surface area contributed by atoms with Crippen LogP contribution in [0.25, 0.3) is 16.7 Å². The maximum atomic E-state index is 12.9. The van der Waals surface area contributed by atoms with Crippen molar-refractivity contribution in [2.24, 2.45) is 0 Å². The fraction of sp³-hybridized carbons (Fsp3) is 0.238. The van der Waals surface area contributed by atoms with E-state index in [2.05, 4.69) is 20.5 Å². The van der Waals surface area contributed by atoms with Crippen molar-refractivity contribution in [1.82, 2.24) is 29.9 Å². The molecule has 0 aliphatic heterocycles. The smallest absolute Gasteiger partial charge is 0.252 e. The van der Waals surface area contributed by atoms with E-state index in [4.69, 9.17) is 11.6 Å². The van der Waals surface area contributed by atoms with Gasteiger partial charge in [-0.15, -0.1) is 0 Å². The molecule has 4 rings (SSSR count). The zero-order valence-corrected chi connectivity index (χ0v) is 17.2. The summed E-state index contributed by atoms with van der Waals surface area (Å²) in [6.45, 7) is 6.32. The highest BCUT2D eigenvalue weighted by molar-refractivity contribution is 6.30. The predicted octanol–water partition coefficient (Wildman–Crippen LogP) is 4.09. The van der Waals surface area contributed by atoms with E-state index in [0.717, 1.165) is 28.0 Å². The minimum atomic E-state index is -0.164. The Balaban J connectivity index is 1.53. The molecule has 0 spiro atoms. The van der Waals surface area contributed by atoms with Crippen molar-refractivity contribution < 1.29 is 4.79 Å². The van der Waals surface area contributed by atoms with Crippen LogP contribution in [0, 0.1) is 6.92 Å². The van der Waals surface area contributed by atoms with Crippen LogP contribution in [0.2, 0.25) is 5.02 Å². The number of halogens is 1. The fourth-order valence-corrected chi connectivity index (χ4v) is 3.30. The van der Waals surface area contributed by atoms with Gasteiger partial charge in [-0.2, -0.15) is 10.2 Å². The van der Waals surface area contributed by atoms with Crippen LogP contribution in [0.15, 0.2) is 48.9 Å². The molecule has 7 nitrogen and oxygen atoms in total. The summed E-state index contributed by atoms with van der Waals surface area (Å²) < 4.78 is 3.58. The summed E-state index contributed by atoms with van der Waals surface area (Å²) in [6.07, 6.45) is 5.32. The van der Waals surface area contributed by atoms with E-state index in [1.807, 2.05) is 55.9 Å². The number of hydrogen-bond acceptors (Lipinski definition) is 4. The van der Waals surface area contributed by atoms with Crippen molar-refractivity contribution >= 4 is 28.5 Å². The highest BCUT2D eigenvalue weighted by atomic mass is 35.5. The topological polar surface area (TPSA) is 77.6 Å². The van der Waals surface area contributed by atoms with Crippen LogP contribution in [-0.2, 0) is 6.54 Å². The first-order chi connectivity index (χ1) is 13.9. The first-order valence-electron chi connectivity index (χ1n) is 9.35. The van der Waals surface area contributed by atoms with Crippen LogP contribution in [0.5, 0.6) is 0 Å². The number of carbonyl (C=O) groups is 1. The Bertz CT molecular complexity index is 1180. The van der Waals surface area contributed by atoms with Gasteiger partial charge in [0.2, 0.25) is 0 Å². The van der Waals surface area contributed by atoms with E-state index in [1.165, 1.54) is 0 Å². The van der Waals surface area contributed by atoms with Gasteiger partial charge in [0, 0.05) is 35.1 Å². The number of rotatable bonds is 5. The number of pyridine rings is 1. The number of nitrogens with zero attached hydrogens (tertiary/aromatic N) is 5. The zero-order chi connectivity index (χ0) is 20.5. The molecule has 0 unspecified atom stereocenters. The second-order valence-corrected chi connectivity index (χ2v) is 7.62. The zero-order valence-electron chi connectivity index (χ0n) is 16.4. The normalized spacial score (nSPS) is 11.3. The second-order valence-electron chi connectivity index (χ2n) is 7.18. The standard InChI is InChI=1S/C21H21ClN6O/c1-13(2)28-20-19(11-25-28)18(8-14(3)26-20)21(29)23-9-15-10-24-27(12-15)17-6-4-16(22)5-7-17/h4-8,10-13H,9H2,1-3H3,(H,23,29). The van der Waals surface area contributed by atoms with E-state index in [1.54, 1.807) is 23.1 Å². The van der Waals surface area contributed by atoms with Crippen molar-refractivity contribution in [3.8, 4) is 5.69 Å². The average Bonchev–Trinajstić information content (AvgIpc) is 3.33. The average molecular weight is 409 g/mol. The lowest BCUT2D eigenvalue weighted by Crippen LogP contribution is -2.23. The monoisotopic (exact) mass is 408 g/mol. The maximum absolute atomic E-state index is 12.9. The highest BCUT2D eigenvalue weighted by Gasteiger charge is 2.17. The van der Waals surface area contributed by atoms with Gasteiger partial charge in [-0.25, -0.2) is 14.3 Å². The van der Waals surface area contributed by atoms with Crippen LogP contribution in [0.4, 0.5) is 0 Å². The lowest BCUT2D eigenvalue weighted by Gasteiger charge is -2.09. The maximum Gasteiger partial charge on any atom is 0.252 e. The quantitative estimate of drug-likeness (QED) is 0.539. The highest BCUT2D eigenvalue weighted by Crippen LogP contribution is 2.21. The fourth-order valence-electron chi connectivity index (χ4n) is 3.17. The Morgan fingerprint density at radius 2 is 1.93 bits per heavy atom. The number of aromatic nitrogens is 5. The molecule has 3 heterocycles. The van der Waals surface area contributed by atoms with Gasteiger partial charge in [-0.05, 0) is 51.1 Å². The Morgan fingerprint density at radius 1 is 1.17 bits per heavy atom. The summed E-state index contributed by atoms with van der Waals surface area (Å²) in [7, 11) is 0. The molecule has 0 radical (unpaired) electrons. The van der Waals surface area contributed by atoms with Gasteiger partial charge >= 0.3 is 0 Å². The molecular weight excluding hydrogens is 388 g/mol. The second kappa shape index (κ2) is 7.67. The summed E-state index contributed by atoms with van der Waals surface area (Å²) in [6, 6.07) is 9.36. The minimum Gasteiger partial charge on any atom is -0.348 e. The van der Waals surface area contributed by atoms with Gasteiger partial charge in [-0.1, -0.05) is 11.6 Å². The van der Waals surface area contributed by atoms with Crippen LogP contribution >= 0.6 is 11.6 Å². The number of fused-ring (bicyclic) bond motifs is 1. The summed E-state index contributed by atoms with van der Waals surface area (Å²) in [5.74, 6) is -0.164. The lowest BCUT2D eigenvalue weighted by atomic mass is 10.1. The molecule has 8 heteroatoms. The van der Waals surface area contributed by atoms with Gasteiger partial charge in [0.15, 0.2) is 5.65 Å². The Labute approximate surface area is 173 Å². The van der Waals surface area contributed by atoms with Crippen molar-refractivity contribution in [1.29, 1.82) is 0 Å². The Hall–Kier alpha value is -3.19. The van der Waals surface area contributed by atoms with Gasteiger partial charge in [0.1, 0.15) is 0 Å². The van der Waals surface area contributed by atoms with Crippen molar-refractivity contribution in [2.45, 2.75) is 33.4 Å². The number of benzene rings is 1. The number of carbonyl (C=O) groups excluding carboxylic acids is 1. The number of hydrogen-bond donors (Lipinski definition) is 1. The number of amides is 1. The summed E-state index contributed by atoms with van der Waals surface area (Å²) in [5.41, 5.74) is 3.87. The number of aryl methyl sites for hydroxylation is 1. The molecule has 0 saturated heterocycles. The molecule has 0 aliphatic rings. The molecule has 29 heavy (non-hydrogen) atoms. The first-order valence-corrected chi connectivity index (χ1v) is 9.72. The molecule has 4 aromatic rings. The van der Waals surface area contributed by atoms with Gasteiger partial charge in [0.25, 0.3) is 5.91 Å². The van der Waals surface area contributed by atoms with Crippen LogP contribution < -0.4 is 5.32 Å². The van der Waals surface area contributed by atoms with E-state index < -0.39 is 0 Å². The molecule has 0 bridgehead atoms. The third kappa shape index (κ3) is 3.86. The third-order valence-electron chi connectivity index (χ3n) is 4.61. The first kappa shape index (κ1) is 19.1. The van der Waals surface area contributed by atoms with Gasteiger partial charge in [-0.3, -0.25) is 4.79 Å². The van der Waals surface area contributed by atoms with Crippen molar-refractivity contribution in [3.63, 3.8) is 0 Å². The Morgan fingerprint density at radius 3 is 2.66 bits per heavy atom. The molecular formula is C21H21ClN6O. The SMILES string of the molecule is Cc1cc(C(=O)NCc2cnn(-c3ccc(Cl)cc3)c2)c2cnn(C(C)C)c2n1. The van der Waals surface area contributed by atoms with Crippen molar-refractivity contribution in [2.75, 3.05) is 0 Å². The van der Waals surface area contributed by atoms with Gasteiger partial charge < -0.3 is 5.32 Å². The molecule has 1 amide bonds. The summed E-state index contributed by atoms with van der Waals surface area (Å²) in [4.78, 5) is 17.4. The van der Waals surface area contributed by atoms with Crippen LogP contribution in [0.3, 0.4) is 0 Å². The molecule has 0 atom stereocenters. The lowest BCUT2D eigenvalue weighted by molar-refractivity contribution is 0.0952. The molecule has 0 fully saturated rings. The largest absolute Gasteiger partial charge is 0.348 e. The minimum absolute atomic E-state index is 0.163. The van der Waals surface area contributed by atoms with Crippen LogP contribution in [0.1, 0.15) is 41.5 Å². The molecule has 3 aromatic heterocycles. The van der Waals surface area contributed by atoms with Crippen molar-refractivity contribution in [3.05, 3.63) is 70.8 Å². The predicted molar refractivity (Wildman–Crippen MR) is 112 cm³/mol. The van der Waals surface area contributed by atoms with E-state index in [9.17, 15) is 4.79 Å². The van der Waals surface area contributed by atoms with E-state index in [-0.39, 0.29) is 11.9 Å². The molecule has 0 aliphatic carbocycles. The van der Waals surface area contributed by atoms with E-state index in [0.29, 0.717) is 17.1 Å². The molecule has 0 saturated carbocycles. The summed E-state index contributed by atoms with van der Waals surface area (Å²) in [5, 5.41) is 13.1. The molecule has 148 valence electrons. The third-order valence-corrected chi connectivity index (χ3v) is 4.86. The molecule has 1 aromatic carbocycles. The van der Waals surface area contributed by atoms with E-state index >= 15 is 0 Å². The van der Waals surface area contributed by atoms with Gasteiger partial charge in [0.05, 0.1) is 29.0 Å². The number of nitrogens with one attached hydrogen (secondary N) is 1.